The van der Waals surface area contributed by atoms with Gasteiger partial charge in [-0.2, -0.15) is 4.98 Å². The first kappa shape index (κ1) is 17.8. The van der Waals surface area contributed by atoms with E-state index in [0.29, 0.717) is 24.3 Å². The predicted molar refractivity (Wildman–Crippen MR) is 88.9 cm³/mol. The van der Waals surface area contributed by atoms with E-state index in [0.717, 1.165) is 25.1 Å². The van der Waals surface area contributed by atoms with E-state index in [2.05, 4.69) is 27.4 Å². The lowest BCUT2D eigenvalue weighted by atomic mass is 10.1. The van der Waals surface area contributed by atoms with Gasteiger partial charge in [0.25, 0.3) is 0 Å². The molecule has 1 aromatic heterocycles. The second kappa shape index (κ2) is 8.38. The SMILES string of the molecule is CN(Cc1nc(-c2ccc(F)cc2)no1)C1CCCNCC1.Cl. The number of halogens is 2. The van der Waals surface area contributed by atoms with Crippen molar-refractivity contribution in [2.75, 3.05) is 20.1 Å². The fourth-order valence-electron chi connectivity index (χ4n) is 2.82. The maximum Gasteiger partial charge on any atom is 0.241 e. The van der Waals surface area contributed by atoms with Crippen LogP contribution < -0.4 is 5.32 Å². The Morgan fingerprint density at radius 2 is 2.04 bits per heavy atom. The molecule has 5 nitrogen and oxygen atoms in total. The summed E-state index contributed by atoms with van der Waals surface area (Å²) in [7, 11) is 2.09. The molecule has 126 valence electrons. The van der Waals surface area contributed by atoms with Gasteiger partial charge in [0.2, 0.25) is 11.7 Å². The molecule has 0 bridgehead atoms. The molecule has 23 heavy (non-hydrogen) atoms. The van der Waals surface area contributed by atoms with Crippen LogP contribution in [0.3, 0.4) is 0 Å². The summed E-state index contributed by atoms with van der Waals surface area (Å²) in [5.74, 6) is 0.833. The molecule has 2 heterocycles. The van der Waals surface area contributed by atoms with Crippen molar-refractivity contribution in [2.45, 2.75) is 31.8 Å². The fourth-order valence-corrected chi connectivity index (χ4v) is 2.82. The van der Waals surface area contributed by atoms with E-state index < -0.39 is 0 Å². The number of rotatable bonds is 4. The average Bonchev–Trinajstić information content (AvgIpc) is 2.81. The quantitative estimate of drug-likeness (QED) is 0.927. The van der Waals surface area contributed by atoms with E-state index >= 15 is 0 Å². The van der Waals surface area contributed by atoms with Crippen LogP contribution in [0.15, 0.2) is 28.8 Å². The maximum atomic E-state index is 12.9. The number of hydrogen-bond donors (Lipinski definition) is 1. The van der Waals surface area contributed by atoms with Crippen LogP contribution >= 0.6 is 12.4 Å². The molecule has 1 aliphatic rings. The molecule has 0 aliphatic carbocycles. The highest BCUT2D eigenvalue weighted by molar-refractivity contribution is 5.85. The first-order valence-corrected chi connectivity index (χ1v) is 7.72. The van der Waals surface area contributed by atoms with Crippen LogP contribution in [-0.2, 0) is 6.54 Å². The number of nitrogens with one attached hydrogen (secondary N) is 1. The molecule has 1 aliphatic heterocycles. The monoisotopic (exact) mass is 340 g/mol. The number of hydrogen-bond acceptors (Lipinski definition) is 5. The molecular formula is C16H22ClFN4O. The molecule has 3 rings (SSSR count). The van der Waals surface area contributed by atoms with Gasteiger partial charge in [-0.25, -0.2) is 4.39 Å². The summed E-state index contributed by atoms with van der Waals surface area (Å²) in [4.78, 5) is 6.68. The van der Waals surface area contributed by atoms with Crippen LogP contribution in [-0.4, -0.2) is 41.2 Å². The first-order valence-electron chi connectivity index (χ1n) is 7.72. The van der Waals surface area contributed by atoms with Gasteiger partial charge in [-0.1, -0.05) is 5.16 Å². The molecule has 0 amide bonds. The van der Waals surface area contributed by atoms with Crippen molar-refractivity contribution >= 4 is 12.4 Å². The minimum atomic E-state index is -0.269. The normalized spacial score (nSPS) is 18.5. The molecule has 1 aromatic carbocycles. The molecule has 1 saturated heterocycles. The highest BCUT2D eigenvalue weighted by Crippen LogP contribution is 2.18. The zero-order valence-corrected chi connectivity index (χ0v) is 14.0. The molecule has 0 spiro atoms. The van der Waals surface area contributed by atoms with Crippen LogP contribution in [0.4, 0.5) is 4.39 Å². The Hall–Kier alpha value is -1.50. The van der Waals surface area contributed by atoms with Crippen molar-refractivity contribution in [3.63, 3.8) is 0 Å². The van der Waals surface area contributed by atoms with E-state index in [1.54, 1.807) is 12.1 Å². The van der Waals surface area contributed by atoms with E-state index in [1.807, 2.05) is 0 Å². The lowest BCUT2D eigenvalue weighted by Crippen LogP contribution is -2.32. The number of benzene rings is 1. The van der Waals surface area contributed by atoms with Gasteiger partial charge in [-0.15, -0.1) is 12.4 Å². The van der Waals surface area contributed by atoms with Gasteiger partial charge in [0, 0.05) is 11.6 Å². The van der Waals surface area contributed by atoms with E-state index in [1.165, 1.54) is 25.0 Å². The first-order chi connectivity index (χ1) is 10.7. The topological polar surface area (TPSA) is 54.2 Å². The largest absolute Gasteiger partial charge is 0.338 e. The summed E-state index contributed by atoms with van der Waals surface area (Å²) in [5, 5.41) is 7.40. The standard InChI is InChI=1S/C16H21FN4O.ClH/c1-21(14-3-2-9-18-10-8-14)11-15-19-16(20-22-15)12-4-6-13(17)7-5-12;/h4-7,14,18H,2-3,8-11H2,1H3;1H. The summed E-state index contributed by atoms with van der Waals surface area (Å²) in [6, 6.07) is 6.65. The second-order valence-electron chi connectivity index (χ2n) is 5.77. The van der Waals surface area contributed by atoms with Gasteiger partial charge in [-0.05, 0) is 63.7 Å². The van der Waals surface area contributed by atoms with Crippen LogP contribution in [0.2, 0.25) is 0 Å². The molecule has 0 saturated carbocycles. The van der Waals surface area contributed by atoms with Crippen molar-refractivity contribution in [3.8, 4) is 11.4 Å². The van der Waals surface area contributed by atoms with Crippen molar-refractivity contribution < 1.29 is 8.91 Å². The number of nitrogens with zero attached hydrogens (tertiary/aromatic N) is 3. The smallest absolute Gasteiger partial charge is 0.241 e. The second-order valence-corrected chi connectivity index (χ2v) is 5.77. The van der Waals surface area contributed by atoms with E-state index in [9.17, 15) is 4.39 Å². The Labute approximate surface area is 141 Å². The Morgan fingerprint density at radius 3 is 2.83 bits per heavy atom. The maximum absolute atomic E-state index is 12.9. The minimum absolute atomic E-state index is 0. The lowest BCUT2D eigenvalue weighted by Gasteiger charge is -2.25. The Kier molecular flexibility index (Phi) is 6.50. The Morgan fingerprint density at radius 1 is 1.26 bits per heavy atom. The molecule has 1 N–H and O–H groups in total. The fraction of sp³-hybridized carbons (Fsp3) is 0.500. The highest BCUT2D eigenvalue weighted by atomic mass is 35.5. The van der Waals surface area contributed by atoms with Crippen LogP contribution in [0.25, 0.3) is 11.4 Å². The zero-order chi connectivity index (χ0) is 15.4. The summed E-state index contributed by atoms with van der Waals surface area (Å²) >= 11 is 0. The van der Waals surface area contributed by atoms with Gasteiger partial charge < -0.3 is 9.84 Å². The van der Waals surface area contributed by atoms with Gasteiger partial charge in [0.15, 0.2) is 0 Å². The highest BCUT2D eigenvalue weighted by Gasteiger charge is 2.19. The van der Waals surface area contributed by atoms with E-state index in [-0.39, 0.29) is 18.2 Å². The van der Waals surface area contributed by atoms with Crippen molar-refractivity contribution in [1.82, 2.24) is 20.4 Å². The Bertz CT molecular complexity index is 596. The molecule has 2 aromatic rings. The minimum Gasteiger partial charge on any atom is -0.338 e. The third kappa shape index (κ3) is 4.73. The summed E-state index contributed by atoms with van der Waals surface area (Å²) < 4.78 is 18.3. The Balaban J connectivity index is 0.00000192. The van der Waals surface area contributed by atoms with Crippen molar-refractivity contribution in [1.29, 1.82) is 0 Å². The average molecular weight is 341 g/mol. The summed E-state index contributed by atoms with van der Waals surface area (Å²) in [6.07, 6.45) is 3.51. The van der Waals surface area contributed by atoms with Gasteiger partial charge in [0.1, 0.15) is 5.82 Å². The third-order valence-corrected chi connectivity index (χ3v) is 4.12. The van der Waals surface area contributed by atoms with Gasteiger partial charge >= 0.3 is 0 Å². The van der Waals surface area contributed by atoms with Crippen LogP contribution in [0, 0.1) is 5.82 Å². The molecule has 7 heteroatoms. The molecular weight excluding hydrogens is 319 g/mol. The molecule has 1 unspecified atom stereocenters. The van der Waals surface area contributed by atoms with Crippen LogP contribution in [0.5, 0.6) is 0 Å². The summed E-state index contributed by atoms with van der Waals surface area (Å²) in [5.41, 5.74) is 0.762. The molecule has 1 fully saturated rings. The molecule has 0 radical (unpaired) electrons. The molecule has 1 atom stereocenters. The third-order valence-electron chi connectivity index (χ3n) is 4.12. The van der Waals surface area contributed by atoms with Crippen molar-refractivity contribution in [2.24, 2.45) is 0 Å². The van der Waals surface area contributed by atoms with Crippen molar-refractivity contribution in [3.05, 3.63) is 36.0 Å². The lowest BCUT2D eigenvalue weighted by molar-refractivity contribution is 0.190. The van der Waals surface area contributed by atoms with E-state index in [4.69, 9.17) is 4.52 Å². The van der Waals surface area contributed by atoms with Crippen LogP contribution in [0.1, 0.15) is 25.2 Å². The zero-order valence-electron chi connectivity index (χ0n) is 13.2. The van der Waals surface area contributed by atoms with Gasteiger partial charge in [0.05, 0.1) is 6.54 Å². The van der Waals surface area contributed by atoms with Gasteiger partial charge in [-0.3, -0.25) is 4.90 Å². The predicted octanol–water partition coefficient (Wildman–Crippen LogP) is 2.87. The number of aromatic nitrogens is 2. The summed E-state index contributed by atoms with van der Waals surface area (Å²) in [6.45, 7) is 2.79.